The highest BCUT2D eigenvalue weighted by Gasteiger charge is 2.12. The van der Waals surface area contributed by atoms with Crippen LogP contribution in [-0.4, -0.2) is 16.9 Å². The van der Waals surface area contributed by atoms with Gasteiger partial charge >= 0.3 is 0 Å². The summed E-state index contributed by atoms with van der Waals surface area (Å²) in [6.07, 6.45) is -0.0760. The lowest BCUT2D eigenvalue weighted by molar-refractivity contribution is -0.304. The first-order valence-electron chi connectivity index (χ1n) is 6.52. The van der Waals surface area contributed by atoms with Crippen LogP contribution >= 0.6 is 11.3 Å². The van der Waals surface area contributed by atoms with E-state index in [2.05, 4.69) is 10.3 Å². The number of nitrogens with one attached hydrogen (secondary N) is 1. The van der Waals surface area contributed by atoms with Crippen LogP contribution in [0, 0.1) is 0 Å². The van der Waals surface area contributed by atoms with Crippen molar-refractivity contribution >= 4 is 23.2 Å². The van der Waals surface area contributed by atoms with Gasteiger partial charge in [-0.3, -0.25) is 4.79 Å². The Labute approximate surface area is 126 Å². The quantitative estimate of drug-likeness (QED) is 0.858. The Morgan fingerprint density at radius 1 is 1.29 bits per heavy atom. The topological polar surface area (TPSA) is 82.1 Å². The highest BCUT2D eigenvalue weighted by atomic mass is 32.1. The summed E-state index contributed by atoms with van der Waals surface area (Å²) in [6.45, 7) is 1.91. The molecule has 5 nitrogen and oxygen atoms in total. The van der Waals surface area contributed by atoms with Crippen molar-refractivity contribution in [2.24, 2.45) is 0 Å². The molecule has 1 atom stereocenters. The molecule has 2 rings (SSSR count). The zero-order chi connectivity index (χ0) is 15.2. The fraction of sp³-hybridized carbons (Fsp3) is 0.267. The van der Waals surface area contributed by atoms with Crippen LogP contribution in [0.4, 0.5) is 0 Å². The predicted molar refractivity (Wildman–Crippen MR) is 77.5 cm³/mol. The number of benzene rings is 1. The summed E-state index contributed by atoms with van der Waals surface area (Å²) in [5.74, 6) is -1.31. The van der Waals surface area contributed by atoms with Crippen LogP contribution in [0.25, 0.3) is 0 Å². The molecule has 6 heteroatoms. The van der Waals surface area contributed by atoms with Crippen LogP contribution in [0.1, 0.15) is 29.2 Å². The Kier molecular flexibility index (Phi) is 5.05. The van der Waals surface area contributed by atoms with Gasteiger partial charge in [-0.15, -0.1) is 11.3 Å². The van der Waals surface area contributed by atoms with Gasteiger partial charge in [-0.25, -0.2) is 4.98 Å². The fourth-order valence-corrected chi connectivity index (χ4v) is 2.71. The number of nitrogens with zero attached hydrogens (tertiary/aromatic N) is 1. The lowest BCUT2D eigenvalue weighted by atomic mass is 10.1. The molecule has 0 radical (unpaired) electrons. The van der Waals surface area contributed by atoms with Crippen LogP contribution in [0.2, 0.25) is 0 Å². The molecule has 0 aliphatic rings. The lowest BCUT2D eigenvalue weighted by Gasteiger charge is -2.13. The molecule has 110 valence electrons. The first-order valence-corrected chi connectivity index (χ1v) is 7.40. The molecule has 21 heavy (non-hydrogen) atoms. The smallest absolute Gasteiger partial charge is 0.227 e. The molecule has 0 saturated carbocycles. The zero-order valence-electron chi connectivity index (χ0n) is 11.5. The maximum absolute atomic E-state index is 12.0. The molecule has 0 unspecified atom stereocenters. The standard InChI is InChI=1S/C15H16N2O3S/c1-10(11-5-3-2-4-6-11)16-13(18)8-14-17-12(9-21-14)7-15(19)20/h2-6,9-10H,7-8H2,1H3,(H,16,18)(H,19,20)/p-1/t10-/m0/s1. The summed E-state index contributed by atoms with van der Waals surface area (Å²) >= 11 is 1.28. The summed E-state index contributed by atoms with van der Waals surface area (Å²) in [5, 5.41) is 15.6. The third kappa shape index (κ3) is 4.68. The molecule has 0 aliphatic heterocycles. The van der Waals surface area contributed by atoms with E-state index in [9.17, 15) is 14.7 Å². The number of rotatable bonds is 6. The monoisotopic (exact) mass is 303 g/mol. The molecule has 0 fully saturated rings. The molecule has 0 spiro atoms. The summed E-state index contributed by atoms with van der Waals surface area (Å²) in [4.78, 5) is 26.5. The maximum Gasteiger partial charge on any atom is 0.227 e. The van der Waals surface area contributed by atoms with Crippen molar-refractivity contribution in [2.75, 3.05) is 0 Å². The van der Waals surface area contributed by atoms with Crippen LogP contribution in [0.5, 0.6) is 0 Å². The predicted octanol–water partition coefficient (Wildman–Crippen LogP) is 0.855. The number of carbonyl (C=O) groups excluding carboxylic acids is 2. The number of hydrogen-bond acceptors (Lipinski definition) is 5. The minimum atomic E-state index is -1.17. The second kappa shape index (κ2) is 6.99. The molecule has 1 aromatic heterocycles. The van der Waals surface area contributed by atoms with Crippen molar-refractivity contribution in [3.63, 3.8) is 0 Å². The highest BCUT2D eigenvalue weighted by molar-refractivity contribution is 7.09. The van der Waals surface area contributed by atoms with E-state index in [0.717, 1.165) is 5.56 Å². The number of aliphatic carboxylic acids is 1. The Morgan fingerprint density at radius 2 is 2.00 bits per heavy atom. The van der Waals surface area contributed by atoms with E-state index in [-0.39, 0.29) is 24.8 Å². The summed E-state index contributed by atoms with van der Waals surface area (Å²) < 4.78 is 0. The average Bonchev–Trinajstić information content (AvgIpc) is 2.85. The molecule has 1 heterocycles. The minimum absolute atomic E-state index is 0.0821. The number of carboxylic acids is 1. The van der Waals surface area contributed by atoms with Gasteiger partial charge in [-0.05, 0) is 12.5 Å². The first-order chi connectivity index (χ1) is 10.0. The molecule has 0 aliphatic carbocycles. The summed E-state index contributed by atoms with van der Waals surface area (Å²) in [5.41, 5.74) is 1.46. The van der Waals surface area contributed by atoms with Crippen LogP contribution in [-0.2, 0) is 22.4 Å². The van der Waals surface area contributed by atoms with Gasteiger partial charge in [-0.2, -0.15) is 0 Å². The van der Waals surface area contributed by atoms with Crippen molar-refractivity contribution in [2.45, 2.75) is 25.8 Å². The van der Waals surface area contributed by atoms with Crippen molar-refractivity contribution < 1.29 is 14.7 Å². The molecule has 0 bridgehead atoms. The van der Waals surface area contributed by atoms with E-state index in [0.29, 0.717) is 10.7 Å². The molecule has 1 N–H and O–H groups in total. The number of thiazole rings is 1. The number of amides is 1. The van der Waals surface area contributed by atoms with E-state index in [1.165, 1.54) is 11.3 Å². The maximum atomic E-state index is 12.0. The third-order valence-electron chi connectivity index (χ3n) is 2.91. The second-order valence-electron chi connectivity index (χ2n) is 4.66. The molecular formula is C15H15N2O3S-. The van der Waals surface area contributed by atoms with Crippen LogP contribution < -0.4 is 10.4 Å². The van der Waals surface area contributed by atoms with Crippen LogP contribution in [0.3, 0.4) is 0 Å². The van der Waals surface area contributed by atoms with Crippen molar-refractivity contribution in [1.82, 2.24) is 10.3 Å². The van der Waals surface area contributed by atoms with E-state index in [4.69, 9.17) is 0 Å². The van der Waals surface area contributed by atoms with Gasteiger partial charge in [0.05, 0.1) is 18.2 Å². The van der Waals surface area contributed by atoms with Crippen molar-refractivity contribution in [3.8, 4) is 0 Å². The van der Waals surface area contributed by atoms with E-state index >= 15 is 0 Å². The molecule has 0 saturated heterocycles. The van der Waals surface area contributed by atoms with Gasteiger partial charge in [0.1, 0.15) is 5.01 Å². The number of carboxylic acid groups (broad SMARTS) is 1. The minimum Gasteiger partial charge on any atom is -0.550 e. The van der Waals surface area contributed by atoms with E-state index in [1.54, 1.807) is 5.38 Å². The number of aromatic nitrogens is 1. The lowest BCUT2D eigenvalue weighted by Crippen LogP contribution is -2.28. The second-order valence-corrected chi connectivity index (χ2v) is 5.60. The molecule has 1 aromatic carbocycles. The van der Waals surface area contributed by atoms with Gasteiger partial charge < -0.3 is 15.2 Å². The molecule has 1 amide bonds. The zero-order valence-corrected chi connectivity index (χ0v) is 12.4. The van der Waals surface area contributed by atoms with Crippen LogP contribution in [0.15, 0.2) is 35.7 Å². The number of hydrogen-bond donors (Lipinski definition) is 1. The van der Waals surface area contributed by atoms with Crippen molar-refractivity contribution in [3.05, 3.63) is 52.0 Å². The van der Waals surface area contributed by atoms with Gasteiger partial charge in [-0.1, -0.05) is 30.3 Å². The van der Waals surface area contributed by atoms with E-state index < -0.39 is 5.97 Å². The van der Waals surface area contributed by atoms with Crippen molar-refractivity contribution in [1.29, 1.82) is 0 Å². The fourth-order valence-electron chi connectivity index (χ4n) is 1.91. The Bertz CT molecular complexity index is 625. The third-order valence-corrected chi connectivity index (χ3v) is 3.81. The Hall–Kier alpha value is -2.21. The Morgan fingerprint density at radius 3 is 2.67 bits per heavy atom. The normalized spacial score (nSPS) is 11.9. The highest BCUT2D eigenvalue weighted by Crippen LogP contribution is 2.13. The van der Waals surface area contributed by atoms with E-state index in [1.807, 2.05) is 37.3 Å². The first kappa shape index (κ1) is 15.2. The van der Waals surface area contributed by atoms with Gasteiger partial charge in [0.25, 0.3) is 0 Å². The van der Waals surface area contributed by atoms with Gasteiger partial charge in [0.2, 0.25) is 5.91 Å². The Balaban J connectivity index is 1.89. The number of carbonyl (C=O) groups is 2. The molecule has 2 aromatic rings. The summed E-state index contributed by atoms with van der Waals surface area (Å²) in [7, 11) is 0. The van der Waals surface area contributed by atoms with Gasteiger partial charge in [0.15, 0.2) is 0 Å². The van der Waals surface area contributed by atoms with Gasteiger partial charge in [0, 0.05) is 17.8 Å². The average molecular weight is 303 g/mol. The SMILES string of the molecule is C[C@H](NC(=O)Cc1nc(CC(=O)[O-])cs1)c1ccccc1. The largest absolute Gasteiger partial charge is 0.550 e. The summed E-state index contributed by atoms with van der Waals surface area (Å²) in [6, 6.07) is 9.59. The molecular weight excluding hydrogens is 288 g/mol.